The van der Waals surface area contributed by atoms with Gasteiger partial charge in [0.2, 0.25) is 5.13 Å². The molecule has 0 bridgehead atoms. The predicted octanol–water partition coefficient (Wildman–Crippen LogP) is 5.95. The van der Waals surface area contributed by atoms with Crippen molar-refractivity contribution in [2.75, 3.05) is 36.7 Å². The zero-order valence-electron chi connectivity index (χ0n) is 31.1. The maximum absolute atomic E-state index is 12.5. The van der Waals surface area contributed by atoms with Gasteiger partial charge in [-0.25, -0.2) is 4.98 Å². The highest BCUT2D eigenvalue weighted by atomic mass is 32.2. The Morgan fingerprint density at radius 3 is 1.90 bits per heavy atom. The molecule has 1 aromatic heterocycles. The number of nitrogens with two attached hydrogens (primary N) is 1. The lowest BCUT2D eigenvalue weighted by Gasteiger charge is -2.12. The molecule has 5 rings (SSSR count). The number of ether oxygens (including phenoxy) is 2. The fourth-order valence-corrected chi connectivity index (χ4v) is 10.5. The standard InChI is InChI=1S/C31H32N6O17S7/c1-16-9-20(32)24(54-5-3-7-57(38,39)40)13-21(16)34-36-23-14-25(53-2)22(15-26(23)55-6-4-8-58(41,42)43)35-37-31-33-29-28(61(50,51)52)12-18-19(30(29)56-31)10-17(59(44,45)46)11-27(18)60(47,48)49/h9-15H,3-8,32H2,1-2H3,(H,38,39,40)(H,41,42,43)(H,44,45,46)(H,47,48,49)(H,50,51,52). The van der Waals surface area contributed by atoms with E-state index >= 15 is 0 Å². The molecule has 1 heterocycles. The number of fused-ring (bicyclic) bond motifs is 3. The van der Waals surface area contributed by atoms with Crippen molar-refractivity contribution in [3.8, 4) is 11.5 Å². The van der Waals surface area contributed by atoms with Gasteiger partial charge >= 0.3 is 0 Å². The largest absolute Gasteiger partial charge is 0.494 e. The Balaban J connectivity index is 1.60. The van der Waals surface area contributed by atoms with Gasteiger partial charge in [0, 0.05) is 27.8 Å². The normalized spacial score (nSPS) is 13.2. The number of hydrogen-bond donors (Lipinski definition) is 6. The Labute approximate surface area is 355 Å². The topological polar surface area (TPSA) is 379 Å². The predicted molar refractivity (Wildman–Crippen MR) is 222 cm³/mol. The molecule has 23 nitrogen and oxygen atoms in total. The van der Waals surface area contributed by atoms with E-state index in [4.69, 9.17) is 19.8 Å². The van der Waals surface area contributed by atoms with Gasteiger partial charge in [0.05, 0.1) is 46.2 Å². The summed E-state index contributed by atoms with van der Waals surface area (Å²) < 4.78 is 177. The first kappa shape index (κ1) is 47.6. The molecule has 61 heavy (non-hydrogen) atoms. The zero-order chi connectivity index (χ0) is 45.3. The minimum Gasteiger partial charge on any atom is -0.494 e. The molecule has 0 unspecified atom stereocenters. The molecule has 0 aliphatic heterocycles. The van der Waals surface area contributed by atoms with Crippen molar-refractivity contribution in [2.24, 2.45) is 20.5 Å². The molecule has 0 aliphatic carbocycles. The fraction of sp³-hybridized carbons (Fsp3) is 0.258. The monoisotopic (exact) mass is 984 g/mol. The van der Waals surface area contributed by atoms with Crippen LogP contribution in [0.25, 0.3) is 21.0 Å². The molecule has 0 saturated heterocycles. The summed E-state index contributed by atoms with van der Waals surface area (Å²) >= 11 is 1.63. The average Bonchev–Trinajstić information content (AvgIpc) is 3.56. The molecule has 5 aromatic rings. The van der Waals surface area contributed by atoms with Crippen LogP contribution in [-0.4, -0.2) is 101 Å². The third-order valence-corrected chi connectivity index (χ3v) is 14.3. The van der Waals surface area contributed by atoms with E-state index in [1.54, 1.807) is 6.92 Å². The molecule has 0 fully saturated rings. The van der Waals surface area contributed by atoms with Gasteiger partial charge in [-0.3, -0.25) is 22.8 Å². The number of azo groups is 2. The van der Waals surface area contributed by atoms with Crippen LogP contribution in [0.3, 0.4) is 0 Å². The van der Waals surface area contributed by atoms with E-state index in [0.29, 0.717) is 33.9 Å². The number of hydrogen-bond acceptors (Lipinski definition) is 20. The lowest BCUT2D eigenvalue weighted by Crippen LogP contribution is -2.09. The van der Waals surface area contributed by atoms with E-state index in [0.717, 1.165) is 17.8 Å². The molecule has 0 atom stereocenters. The summed E-state index contributed by atoms with van der Waals surface area (Å²) in [6.07, 6.45) is -0.0470. The Kier molecular flexibility index (Phi) is 14.1. The van der Waals surface area contributed by atoms with Gasteiger partial charge in [0.25, 0.3) is 50.6 Å². The summed E-state index contributed by atoms with van der Waals surface area (Å²) in [4.78, 5) is 1.39. The second kappa shape index (κ2) is 18.1. The second-order valence-electron chi connectivity index (χ2n) is 12.5. The van der Waals surface area contributed by atoms with Crippen LogP contribution in [0.1, 0.15) is 18.4 Å². The van der Waals surface area contributed by atoms with Crippen LogP contribution >= 0.6 is 23.1 Å². The quantitative estimate of drug-likeness (QED) is 0.0194. The van der Waals surface area contributed by atoms with Gasteiger partial charge < -0.3 is 15.2 Å². The summed E-state index contributed by atoms with van der Waals surface area (Å²) in [6, 6.07) is 7.61. The van der Waals surface area contributed by atoms with Crippen molar-refractivity contribution in [1.29, 1.82) is 0 Å². The first-order valence-electron chi connectivity index (χ1n) is 16.6. The van der Waals surface area contributed by atoms with Crippen LogP contribution in [0.5, 0.6) is 11.5 Å². The Morgan fingerprint density at radius 2 is 1.30 bits per heavy atom. The molecule has 0 spiro atoms. The van der Waals surface area contributed by atoms with E-state index in [1.165, 1.54) is 31.4 Å². The highest BCUT2D eigenvalue weighted by Gasteiger charge is 2.27. The van der Waals surface area contributed by atoms with Crippen molar-refractivity contribution in [3.63, 3.8) is 0 Å². The van der Waals surface area contributed by atoms with E-state index in [2.05, 4.69) is 25.4 Å². The van der Waals surface area contributed by atoms with Gasteiger partial charge in [-0.2, -0.15) is 47.2 Å². The third kappa shape index (κ3) is 12.3. The smallest absolute Gasteiger partial charge is 0.296 e. The highest BCUT2D eigenvalue weighted by Crippen LogP contribution is 2.44. The molecule has 0 amide bonds. The van der Waals surface area contributed by atoms with Gasteiger partial charge in [0.15, 0.2) is 0 Å². The molecule has 4 aromatic carbocycles. The van der Waals surface area contributed by atoms with E-state index < -0.39 is 87.7 Å². The molecule has 0 aliphatic rings. The Bertz CT molecular complexity index is 3190. The summed E-state index contributed by atoms with van der Waals surface area (Å²) in [6.45, 7) is 1.56. The number of thiazole rings is 1. The number of nitrogen functional groups attached to an aromatic ring is 1. The van der Waals surface area contributed by atoms with Crippen LogP contribution < -0.4 is 15.2 Å². The molecule has 330 valence electrons. The van der Waals surface area contributed by atoms with Gasteiger partial charge in [-0.1, -0.05) is 11.3 Å². The molecule has 0 radical (unpaired) electrons. The van der Waals surface area contributed by atoms with Crippen LogP contribution in [0.4, 0.5) is 27.9 Å². The number of anilines is 1. The van der Waals surface area contributed by atoms with Gasteiger partial charge in [-0.05, 0) is 61.4 Å². The first-order valence-corrected chi connectivity index (χ1v) is 25.9. The number of aromatic nitrogens is 1. The van der Waals surface area contributed by atoms with Crippen LogP contribution in [0, 0.1) is 6.92 Å². The van der Waals surface area contributed by atoms with Crippen molar-refractivity contribution in [2.45, 2.75) is 39.3 Å². The van der Waals surface area contributed by atoms with E-state index in [9.17, 15) is 60.3 Å². The van der Waals surface area contributed by atoms with Gasteiger partial charge in [0.1, 0.15) is 38.2 Å². The van der Waals surface area contributed by atoms with Crippen molar-refractivity contribution in [1.82, 2.24) is 4.98 Å². The van der Waals surface area contributed by atoms with Crippen molar-refractivity contribution >= 4 is 123 Å². The van der Waals surface area contributed by atoms with Crippen LogP contribution in [0.2, 0.25) is 0 Å². The Morgan fingerprint density at radius 1 is 0.689 bits per heavy atom. The molecular weight excluding hydrogens is 953 g/mol. The van der Waals surface area contributed by atoms with Crippen molar-refractivity contribution in [3.05, 3.63) is 48.0 Å². The maximum atomic E-state index is 12.5. The molecule has 7 N–H and O–H groups in total. The van der Waals surface area contributed by atoms with E-state index in [-0.39, 0.29) is 74.7 Å². The summed E-state index contributed by atoms with van der Waals surface area (Å²) in [7, 11) is -22.8. The molecule has 0 saturated carbocycles. The summed E-state index contributed by atoms with van der Waals surface area (Å²) in [5.41, 5.74) is 6.73. The lowest BCUT2D eigenvalue weighted by molar-refractivity contribution is 0.318. The summed E-state index contributed by atoms with van der Waals surface area (Å²) in [5.74, 6) is -0.813. The van der Waals surface area contributed by atoms with E-state index in [1.807, 2.05) is 0 Å². The number of aryl methyl sites for hydroxylation is 1. The molecular formula is C31H32N6O17S7. The Hall–Kier alpha value is -4.47. The first-order chi connectivity index (χ1) is 28.1. The minimum atomic E-state index is -5.27. The van der Waals surface area contributed by atoms with Crippen LogP contribution in [0.15, 0.2) is 82.5 Å². The number of benzene rings is 4. The number of nitrogens with zero attached hydrogens (tertiary/aromatic N) is 5. The summed E-state index contributed by atoms with van der Waals surface area (Å²) in [5, 5.41) is 15.6. The maximum Gasteiger partial charge on any atom is 0.296 e. The van der Waals surface area contributed by atoms with Crippen LogP contribution in [-0.2, 0) is 50.6 Å². The fourth-order valence-electron chi connectivity index (χ4n) is 5.36. The zero-order valence-corrected chi connectivity index (χ0v) is 36.8. The van der Waals surface area contributed by atoms with Crippen molar-refractivity contribution < 1.29 is 74.3 Å². The highest BCUT2D eigenvalue weighted by molar-refractivity contribution is 7.99. The average molecular weight is 985 g/mol. The SMILES string of the molecule is COc1cc(N=Nc2cc(OCCCS(=O)(=O)O)c(N)cc2C)c(SCCCS(=O)(=O)O)cc1N=Nc1nc2c(S(=O)(=O)O)cc3c(S(=O)(=O)O)cc(S(=O)(=O)O)cc3c2s1. The molecule has 30 heteroatoms. The van der Waals surface area contributed by atoms with Gasteiger partial charge in [-0.15, -0.1) is 27.1 Å². The number of rotatable bonds is 18. The number of thioether (sulfide) groups is 1. The minimum absolute atomic E-state index is 0.00728. The lowest BCUT2D eigenvalue weighted by atomic mass is 10.1. The number of methoxy groups -OCH3 is 1. The second-order valence-corrected chi connectivity index (χ2v) is 22.0. The third-order valence-electron chi connectivity index (χ3n) is 8.04.